The standard InChI is InChI=1S/C13H22N2S/c1-15(8-7-12-5-3-9-16-12)10-11-4-2-6-13(11)14/h3,5,9,11,13H,2,4,6-8,10,14H2,1H3. The SMILES string of the molecule is CN(CCc1cccs1)CC1CCCC1N. The smallest absolute Gasteiger partial charge is 0.00793 e. The van der Waals surface area contributed by atoms with E-state index in [1.165, 1.54) is 37.1 Å². The van der Waals surface area contributed by atoms with Gasteiger partial charge in [0.2, 0.25) is 0 Å². The van der Waals surface area contributed by atoms with Crippen molar-refractivity contribution >= 4 is 11.3 Å². The Morgan fingerprint density at radius 2 is 2.38 bits per heavy atom. The van der Waals surface area contributed by atoms with Gasteiger partial charge < -0.3 is 10.6 Å². The predicted octanol–water partition coefficient (Wildman–Crippen LogP) is 2.35. The number of nitrogens with zero attached hydrogens (tertiary/aromatic N) is 1. The highest BCUT2D eigenvalue weighted by Gasteiger charge is 2.24. The summed E-state index contributed by atoms with van der Waals surface area (Å²) >= 11 is 1.86. The molecule has 2 unspecified atom stereocenters. The first-order valence-corrected chi connectivity index (χ1v) is 7.10. The van der Waals surface area contributed by atoms with Crippen LogP contribution in [0.25, 0.3) is 0 Å². The Hall–Kier alpha value is -0.380. The van der Waals surface area contributed by atoms with Gasteiger partial charge in [-0.05, 0) is 43.7 Å². The Labute approximate surface area is 102 Å². The summed E-state index contributed by atoms with van der Waals surface area (Å²) in [5, 5.41) is 2.15. The molecule has 0 aromatic carbocycles. The van der Waals surface area contributed by atoms with Crippen LogP contribution >= 0.6 is 11.3 Å². The van der Waals surface area contributed by atoms with Gasteiger partial charge in [-0.1, -0.05) is 12.5 Å². The lowest BCUT2D eigenvalue weighted by molar-refractivity contribution is 0.269. The highest BCUT2D eigenvalue weighted by Crippen LogP contribution is 2.24. The molecular formula is C13H22N2S. The van der Waals surface area contributed by atoms with Crippen LogP contribution < -0.4 is 5.73 Å². The fourth-order valence-corrected chi connectivity index (χ4v) is 3.24. The van der Waals surface area contributed by atoms with Crippen molar-refractivity contribution in [3.05, 3.63) is 22.4 Å². The fraction of sp³-hybridized carbons (Fsp3) is 0.692. The van der Waals surface area contributed by atoms with Crippen LogP contribution in [0.3, 0.4) is 0 Å². The summed E-state index contributed by atoms with van der Waals surface area (Å²) in [6.07, 6.45) is 5.05. The maximum absolute atomic E-state index is 6.09. The Morgan fingerprint density at radius 3 is 3.00 bits per heavy atom. The van der Waals surface area contributed by atoms with Crippen molar-refractivity contribution in [3.63, 3.8) is 0 Å². The molecule has 0 radical (unpaired) electrons. The van der Waals surface area contributed by atoms with E-state index >= 15 is 0 Å². The number of hydrogen-bond donors (Lipinski definition) is 1. The second kappa shape index (κ2) is 5.80. The first kappa shape index (κ1) is 12.1. The van der Waals surface area contributed by atoms with Gasteiger partial charge in [0.05, 0.1) is 0 Å². The first-order chi connectivity index (χ1) is 7.75. The largest absolute Gasteiger partial charge is 0.327 e. The number of rotatable bonds is 5. The molecule has 0 amide bonds. The van der Waals surface area contributed by atoms with Crippen LogP contribution in [0.15, 0.2) is 17.5 Å². The van der Waals surface area contributed by atoms with Crippen LogP contribution in [0, 0.1) is 5.92 Å². The summed E-state index contributed by atoms with van der Waals surface area (Å²) < 4.78 is 0. The van der Waals surface area contributed by atoms with Gasteiger partial charge in [0.25, 0.3) is 0 Å². The molecule has 1 aliphatic rings. The van der Waals surface area contributed by atoms with Crippen molar-refractivity contribution in [1.29, 1.82) is 0 Å². The van der Waals surface area contributed by atoms with Crippen LogP contribution in [-0.2, 0) is 6.42 Å². The summed E-state index contributed by atoms with van der Waals surface area (Å²) in [5.41, 5.74) is 6.09. The zero-order valence-corrected chi connectivity index (χ0v) is 10.9. The van der Waals surface area contributed by atoms with Crippen molar-refractivity contribution in [2.45, 2.75) is 31.7 Å². The molecule has 0 aliphatic heterocycles. The summed E-state index contributed by atoms with van der Waals surface area (Å²) in [7, 11) is 2.22. The van der Waals surface area contributed by atoms with Crippen LogP contribution in [-0.4, -0.2) is 31.1 Å². The lowest BCUT2D eigenvalue weighted by Gasteiger charge is -2.23. The molecule has 2 atom stereocenters. The molecule has 2 nitrogen and oxygen atoms in total. The molecule has 0 bridgehead atoms. The number of nitrogens with two attached hydrogens (primary N) is 1. The fourth-order valence-electron chi connectivity index (χ4n) is 2.54. The topological polar surface area (TPSA) is 29.3 Å². The van der Waals surface area contributed by atoms with Gasteiger partial charge in [0, 0.05) is 24.0 Å². The van der Waals surface area contributed by atoms with E-state index in [2.05, 4.69) is 29.5 Å². The highest BCUT2D eigenvalue weighted by atomic mass is 32.1. The average molecular weight is 238 g/mol. The summed E-state index contributed by atoms with van der Waals surface area (Å²) in [5.74, 6) is 0.730. The van der Waals surface area contributed by atoms with Gasteiger partial charge in [-0.15, -0.1) is 11.3 Å². The first-order valence-electron chi connectivity index (χ1n) is 6.22. The molecule has 0 spiro atoms. The van der Waals surface area contributed by atoms with Crippen LogP contribution in [0.1, 0.15) is 24.1 Å². The van der Waals surface area contributed by atoms with Gasteiger partial charge in [0.1, 0.15) is 0 Å². The summed E-state index contributed by atoms with van der Waals surface area (Å²) in [6.45, 7) is 2.33. The molecule has 3 heteroatoms. The van der Waals surface area contributed by atoms with Gasteiger partial charge in [-0.25, -0.2) is 0 Å². The molecule has 1 aromatic heterocycles. The minimum atomic E-state index is 0.448. The minimum Gasteiger partial charge on any atom is -0.327 e. The number of likely N-dealkylation sites (N-methyl/N-ethyl adjacent to an activating group) is 1. The van der Waals surface area contributed by atoms with Crippen molar-refractivity contribution in [2.75, 3.05) is 20.1 Å². The predicted molar refractivity (Wildman–Crippen MR) is 70.8 cm³/mol. The van der Waals surface area contributed by atoms with E-state index in [1.54, 1.807) is 0 Å². The molecule has 1 aliphatic carbocycles. The molecule has 2 N–H and O–H groups in total. The molecule has 1 aromatic rings. The molecule has 2 rings (SSSR count). The Bertz CT molecular complexity index is 297. The lowest BCUT2D eigenvalue weighted by Crippen LogP contribution is -2.35. The van der Waals surface area contributed by atoms with Crippen LogP contribution in [0.5, 0.6) is 0 Å². The zero-order valence-electron chi connectivity index (χ0n) is 10.1. The number of hydrogen-bond acceptors (Lipinski definition) is 3. The third-order valence-corrected chi connectivity index (χ3v) is 4.52. The van der Waals surface area contributed by atoms with Crippen molar-refractivity contribution in [2.24, 2.45) is 11.7 Å². The molecule has 1 fully saturated rings. The van der Waals surface area contributed by atoms with Gasteiger partial charge in [-0.3, -0.25) is 0 Å². The molecule has 90 valence electrons. The van der Waals surface area contributed by atoms with Gasteiger partial charge in [-0.2, -0.15) is 0 Å². The monoisotopic (exact) mass is 238 g/mol. The second-order valence-corrected chi connectivity index (χ2v) is 5.98. The zero-order chi connectivity index (χ0) is 11.4. The Balaban J connectivity index is 1.70. The van der Waals surface area contributed by atoms with E-state index in [0.29, 0.717) is 6.04 Å². The molecule has 1 saturated carbocycles. The number of thiophene rings is 1. The van der Waals surface area contributed by atoms with E-state index < -0.39 is 0 Å². The van der Waals surface area contributed by atoms with E-state index in [0.717, 1.165) is 12.5 Å². The third-order valence-electron chi connectivity index (χ3n) is 3.58. The van der Waals surface area contributed by atoms with Crippen molar-refractivity contribution < 1.29 is 0 Å². The van der Waals surface area contributed by atoms with Gasteiger partial charge in [0.15, 0.2) is 0 Å². The van der Waals surface area contributed by atoms with Crippen molar-refractivity contribution in [3.8, 4) is 0 Å². The second-order valence-electron chi connectivity index (χ2n) is 4.95. The van der Waals surface area contributed by atoms with E-state index in [4.69, 9.17) is 5.73 Å². The van der Waals surface area contributed by atoms with Crippen LogP contribution in [0.2, 0.25) is 0 Å². The molecule has 0 saturated heterocycles. The minimum absolute atomic E-state index is 0.448. The normalized spacial score (nSPS) is 25.4. The summed E-state index contributed by atoms with van der Waals surface area (Å²) in [4.78, 5) is 3.93. The molecule has 16 heavy (non-hydrogen) atoms. The lowest BCUT2D eigenvalue weighted by atomic mass is 10.0. The Morgan fingerprint density at radius 1 is 1.50 bits per heavy atom. The summed E-state index contributed by atoms with van der Waals surface area (Å²) in [6, 6.07) is 4.80. The van der Waals surface area contributed by atoms with Crippen LogP contribution in [0.4, 0.5) is 0 Å². The average Bonchev–Trinajstić information content (AvgIpc) is 2.88. The molecular weight excluding hydrogens is 216 g/mol. The third kappa shape index (κ3) is 3.30. The van der Waals surface area contributed by atoms with Crippen molar-refractivity contribution in [1.82, 2.24) is 4.90 Å². The van der Waals surface area contributed by atoms with E-state index in [-0.39, 0.29) is 0 Å². The van der Waals surface area contributed by atoms with E-state index in [1.807, 2.05) is 11.3 Å². The Kier molecular flexibility index (Phi) is 4.38. The van der Waals surface area contributed by atoms with E-state index in [9.17, 15) is 0 Å². The molecule has 1 heterocycles. The highest BCUT2D eigenvalue weighted by molar-refractivity contribution is 7.09. The maximum Gasteiger partial charge on any atom is 0.00793 e. The van der Waals surface area contributed by atoms with Gasteiger partial charge >= 0.3 is 0 Å². The maximum atomic E-state index is 6.09. The quantitative estimate of drug-likeness (QED) is 0.853.